The van der Waals surface area contributed by atoms with Crippen LogP contribution in [0.5, 0.6) is 5.75 Å². The van der Waals surface area contributed by atoms with Crippen LogP contribution in [-0.2, 0) is 5.75 Å². The zero-order chi connectivity index (χ0) is 17.8. The number of aliphatic imine (C=N–C) groups is 1. The Morgan fingerprint density at radius 1 is 1.40 bits per heavy atom. The van der Waals surface area contributed by atoms with Gasteiger partial charge in [0.2, 0.25) is 0 Å². The highest BCUT2D eigenvalue weighted by atomic mass is 79.9. The van der Waals surface area contributed by atoms with Crippen LogP contribution < -0.4 is 10.1 Å². The first-order chi connectivity index (χ1) is 12.1. The maximum absolute atomic E-state index is 9.61. The van der Waals surface area contributed by atoms with Crippen molar-refractivity contribution in [3.8, 4) is 5.75 Å². The predicted octanol–water partition coefficient (Wildman–Crippen LogP) is 4.11. The van der Waals surface area contributed by atoms with Crippen LogP contribution >= 0.6 is 39.3 Å². The molecular weight excluding hydrogens is 424 g/mol. The Balaban J connectivity index is 1.87. The molecule has 1 aliphatic rings. The number of benzene rings is 2. The van der Waals surface area contributed by atoms with Crippen molar-refractivity contribution in [3.63, 3.8) is 0 Å². The van der Waals surface area contributed by atoms with E-state index in [1.54, 1.807) is 18.9 Å². The van der Waals surface area contributed by atoms with Crippen molar-refractivity contribution in [2.24, 2.45) is 4.99 Å². The molecule has 1 unspecified atom stereocenters. The number of β-amino-alcohol motifs (C(OH)–C–C–N with tert-alkyl or cyclic N) is 1. The number of amidine groups is 1. The van der Waals surface area contributed by atoms with Crippen LogP contribution in [0.1, 0.15) is 11.1 Å². The molecule has 0 amide bonds. The molecule has 132 valence electrons. The van der Waals surface area contributed by atoms with Crippen LogP contribution in [0.4, 0.5) is 0 Å². The molecule has 0 aromatic heterocycles. The summed E-state index contributed by atoms with van der Waals surface area (Å²) in [5, 5.41) is 13.5. The maximum atomic E-state index is 9.61. The van der Waals surface area contributed by atoms with Crippen molar-refractivity contribution in [1.82, 2.24) is 5.32 Å². The first kappa shape index (κ1) is 18.6. The Morgan fingerprint density at radius 3 is 2.96 bits per heavy atom. The Hall–Kier alpha value is -1.21. The van der Waals surface area contributed by atoms with Crippen molar-refractivity contribution < 1.29 is 9.84 Å². The van der Waals surface area contributed by atoms with Crippen molar-refractivity contribution >= 4 is 45.1 Å². The third-order valence-corrected chi connectivity index (χ3v) is 5.91. The minimum absolute atomic E-state index is 0.401. The SMILES string of the molecule is COc1ccc(Br)cc1CSc1c(Cl)cccc1C1=NCC(O)CN1. The van der Waals surface area contributed by atoms with E-state index in [4.69, 9.17) is 16.3 Å². The van der Waals surface area contributed by atoms with E-state index < -0.39 is 6.10 Å². The third kappa shape index (κ3) is 4.50. The lowest BCUT2D eigenvalue weighted by atomic mass is 10.1. The summed E-state index contributed by atoms with van der Waals surface area (Å²) in [5.41, 5.74) is 2.04. The molecule has 0 bridgehead atoms. The standard InChI is InChI=1S/C18H18BrClN2O2S/c1-24-16-6-5-12(19)7-11(16)10-25-17-14(3-2-4-15(17)20)18-21-8-13(23)9-22-18/h2-7,13,23H,8-10H2,1H3,(H,21,22). The number of hydrogen-bond acceptors (Lipinski definition) is 5. The maximum Gasteiger partial charge on any atom is 0.129 e. The summed E-state index contributed by atoms with van der Waals surface area (Å²) in [4.78, 5) is 5.40. The van der Waals surface area contributed by atoms with Gasteiger partial charge in [0.1, 0.15) is 11.6 Å². The molecule has 3 rings (SSSR count). The minimum atomic E-state index is -0.440. The summed E-state index contributed by atoms with van der Waals surface area (Å²) in [6.45, 7) is 0.896. The second-order valence-corrected chi connectivity index (χ2v) is 7.89. The fraction of sp³-hybridized carbons (Fsp3) is 0.278. The smallest absolute Gasteiger partial charge is 0.129 e. The molecule has 0 fully saturated rings. The van der Waals surface area contributed by atoms with Gasteiger partial charge in [0.05, 0.1) is 24.8 Å². The molecule has 1 heterocycles. The van der Waals surface area contributed by atoms with Gasteiger partial charge in [-0.05, 0) is 24.3 Å². The van der Waals surface area contributed by atoms with E-state index in [9.17, 15) is 5.11 Å². The predicted molar refractivity (Wildman–Crippen MR) is 107 cm³/mol. The molecule has 0 saturated heterocycles. The molecule has 2 aromatic carbocycles. The number of aliphatic hydroxyl groups is 1. The first-order valence-electron chi connectivity index (χ1n) is 7.79. The zero-order valence-corrected chi connectivity index (χ0v) is 16.8. The Morgan fingerprint density at radius 2 is 2.24 bits per heavy atom. The van der Waals surface area contributed by atoms with Gasteiger partial charge in [-0.15, -0.1) is 11.8 Å². The molecule has 0 radical (unpaired) electrons. The summed E-state index contributed by atoms with van der Waals surface area (Å²) in [5.74, 6) is 2.34. The number of ether oxygens (including phenoxy) is 1. The molecule has 1 aliphatic heterocycles. The molecule has 7 heteroatoms. The van der Waals surface area contributed by atoms with Gasteiger partial charge in [-0.25, -0.2) is 0 Å². The quantitative estimate of drug-likeness (QED) is 0.686. The van der Waals surface area contributed by atoms with E-state index in [1.165, 1.54) is 0 Å². The number of rotatable bonds is 5. The van der Waals surface area contributed by atoms with Crippen molar-refractivity contribution in [2.45, 2.75) is 16.8 Å². The average Bonchev–Trinajstić information content (AvgIpc) is 2.61. The molecule has 1 atom stereocenters. The molecule has 25 heavy (non-hydrogen) atoms. The van der Waals surface area contributed by atoms with Crippen LogP contribution in [0.15, 0.2) is 50.8 Å². The van der Waals surface area contributed by atoms with Gasteiger partial charge in [0, 0.05) is 32.8 Å². The summed E-state index contributed by atoms with van der Waals surface area (Å²) in [6.07, 6.45) is -0.440. The lowest BCUT2D eigenvalue weighted by molar-refractivity contribution is 0.181. The van der Waals surface area contributed by atoms with Gasteiger partial charge in [0.25, 0.3) is 0 Å². The van der Waals surface area contributed by atoms with E-state index in [0.29, 0.717) is 18.1 Å². The Bertz CT molecular complexity index is 801. The lowest BCUT2D eigenvalue weighted by Crippen LogP contribution is -2.39. The highest BCUT2D eigenvalue weighted by Gasteiger charge is 2.18. The number of halogens is 2. The molecule has 4 nitrogen and oxygen atoms in total. The summed E-state index contributed by atoms with van der Waals surface area (Å²) in [7, 11) is 1.67. The fourth-order valence-electron chi connectivity index (χ4n) is 2.56. The average molecular weight is 442 g/mol. The van der Waals surface area contributed by atoms with Gasteiger partial charge in [0.15, 0.2) is 0 Å². The van der Waals surface area contributed by atoms with E-state index in [1.807, 2.05) is 30.3 Å². The number of nitrogens with zero attached hydrogens (tertiary/aromatic N) is 1. The number of methoxy groups -OCH3 is 1. The van der Waals surface area contributed by atoms with E-state index >= 15 is 0 Å². The van der Waals surface area contributed by atoms with Crippen molar-refractivity contribution in [3.05, 3.63) is 57.0 Å². The number of hydrogen-bond donors (Lipinski definition) is 2. The Labute approximate surface area is 164 Å². The number of nitrogens with one attached hydrogen (secondary N) is 1. The minimum Gasteiger partial charge on any atom is -0.496 e. The summed E-state index contributed by atoms with van der Waals surface area (Å²) >= 11 is 11.6. The number of aliphatic hydroxyl groups excluding tert-OH is 1. The molecular formula is C18H18BrClN2O2S. The molecule has 2 aromatic rings. The van der Waals surface area contributed by atoms with Gasteiger partial charge in [-0.2, -0.15) is 0 Å². The molecule has 2 N–H and O–H groups in total. The topological polar surface area (TPSA) is 53.9 Å². The zero-order valence-electron chi connectivity index (χ0n) is 13.6. The largest absolute Gasteiger partial charge is 0.496 e. The van der Waals surface area contributed by atoms with Gasteiger partial charge in [-0.3, -0.25) is 4.99 Å². The van der Waals surface area contributed by atoms with E-state index in [2.05, 4.69) is 32.3 Å². The van der Waals surface area contributed by atoms with Crippen LogP contribution in [0.25, 0.3) is 0 Å². The highest BCUT2D eigenvalue weighted by molar-refractivity contribution is 9.10. The van der Waals surface area contributed by atoms with Crippen molar-refractivity contribution in [2.75, 3.05) is 20.2 Å². The van der Waals surface area contributed by atoms with Crippen LogP contribution in [0.2, 0.25) is 5.02 Å². The lowest BCUT2D eigenvalue weighted by Gasteiger charge is -2.21. The third-order valence-electron chi connectivity index (χ3n) is 3.80. The summed E-state index contributed by atoms with van der Waals surface area (Å²) in [6, 6.07) is 11.7. The van der Waals surface area contributed by atoms with Gasteiger partial charge >= 0.3 is 0 Å². The Kier molecular flexibility index (Phi) is 6.28. The van der Waals surface area contributed by atoms with Crippen molar-refractivity contribution in [1.29, 1.82) is 0 Å². The van der Waals surface area contributed by atoms with Crippen LogP contribution in [-0.4, -0.2) is 37.2 Å². The normalized spacial score (nSPS) is 17.0. The van der Waals surface area contributed by atoms with Gasteiger partial charge in [-0.1, -0.05) is 39.7 Å². The fourth-order valence-corrected chi connectivity index (χ4v) is 4.36. The van der Waals surface area contributed by atoms with Gasteiger partial charge < -0.3 is 15.2 Å². The first-order valence-corrected chi connectivity index (χ1v) is 9.94. The second-order valence-electron chi connectivity index (χ2n) is 5.59. The van der Waals surface area contributed by atoms with Crippen LogP contribution in [0.3, 0.4) is 0 Å². The molecule has 0 aliphatic carbocycles. The monoisotopic (exact) mass is 440 g/mol. The van der Waals surface area contributed by atoms with E-state index in [0.717, 1.165) is 37.8 Å². The molecule has 0 saturated carbocycles. The van der Waals surface area contributed by atoms with E-state index in [-0.39, 0.29) is 0 Å². The highest BCUT2D eigenvalue weighted by Crippen LogP contribution is 2.36. The van der Waals surface area contributed by atoms with Crippen LogP contribution in [0, 0.1) is 0 Å². The molecule has 0 spiro atoms. The summed E-state index contributed by atoms with van der Waals surface area (Å²) < 4.78 is 6.46. The number of thioether (sulfide) groups is 1. The second kappa shape index (κ2) is 8.45.